The van der Waals surface area contributed by atoms with Crippen LogP contribution in [0.4, 0.5) is 0 Å². The minimum absolute atomic E-state index is 0.0230. The molecule has 0 aliphatic carbocycles. The summed E-state index contributed by atoms with van der Waals surface area (Å²) in [7, 11) is -3.97. The van der Waals surface area contributed by atoms with Gasteiger partial charge >= 0.3 is 0 Å². The number of hydrogen-bond donors (Lipinski definition) is 3. The Labute approximate surface area is 359 Å². The van der Waals surface area contributed by atoms with E-state index in [0.717, 1.165) is 77.0 Å². The summed E-state index contributed by atoms with van der Waals surface area (Å²) in [6.45, 7) is 8.01. The van der Waals surface area contributed by atoms with Crippen molar-refractivity contribution >= 4 is 15.9 Å². The van der Waals surface area contributed by atoms with Gasteiger partial charge in [0.2, 0.25) is 15.9 Å². The van der Waals surface area contributed by atoms with Gasteiger partial charge in [-0.2, -0.15) is 4.72 Å². The standard InChI is InChI=1S/C49H55N3O8S/c1-34-14-20-43(21-15-34)61(55,56)51-44(29-36-8-4-3-5-9-36)47(54)50-31-38-10-6-11-40(28-38)41-12-7-13-42(30-41)48-59-45(32-52-24-22-49(23-25-52)57-26-27-58-49)35(2)46(60-48)39-18-16-37(33-53)17-19-39/h3-21,28,30,35,44-46,48,51,53H,22-27,29,31-33H2,1-2H3,(H,50,54)/t35-,44-,45+,46+,48+/m1/s1. The number of carbonyl (C=O) groups excluding carboxylic acids is 1. The second-order valence-corrected chi connectivity index (χ2v) is 18.2. The quantitative estimate of drug-likeness (QED) is 0.108. The van der Waals surface area contributed by atoms with Crippen molar-refractivity contribution in [2.24, 2.45) is 5.92 Å². The van der Waals surface area contributed by atoms with Gasteiger partial charge in [0.05, 0.1) is 36.9 Å². The van der Waals surface area contributed by atoms with Crippen molar-refractivity contribution in [1.29, 1.82) is 0 Å². The summed E-state index contributed by atoms with van der Waals surface area (Å²) in [5.41, 5.74) is 7.31. The average molecular weight is 846 g/mol. The zero-order chi connectivity index (χ0) is 42.4. The molecular formula is C49H55N3O8S. The molecule has 5 atom stereocenters. The van der Waals surface area contributed by atoms with E-state index >= 15 is 0 Å². The lowest BCUT2D eigenvalue weighted by Crippen LogP contribution is -2.50. The molecule has 1 amide bonds. The van der Waals surface area contributed by atoms with E-state index in [1.54, 1.807) is 24.3 Å². The fourth-order valence-corrected chi connectivity index (χ4v) is 9.69. The number of likely N-dealkylation sites (tertiary alicyclic amines) is 1. The van der Waals surface area contributed by atoms with Crippen LogP contribution in [0.1, 0.15) is 65.5 Å². The molecule has 3 fully saturated rings. The van der Waals surface area contributed by atoms with Crippen molar-refractivity contribution in [2.75, 3.05) is 32.8 Å². The van der Waals surface area contributed by atoms with Crippen molar-refractivity contribution in [3.63, 3.8) is 0 Å². The summed E-state index contributed by atoms with van der Waals surface area (Å²) in [6, 6.07) is 39.0. The Hall–Kier alpha value is -4.76. The number of nitrogens with one attached hydrogen (secondary N) is 2. The van der Waals surface area contributed by atoms with Gasteiger partial charge in [0.25, 0.3) is 0 Å². The number of aliphatic hydroxyl groups excluding tert-OH is 1. The Kier molecular flexibility index (Phi) is 13.4. The van der Waals surface area contributed by atoms with Crippen LogP contribution in [0.2, 0.25) is 0 Å². The van der Waals surface area contributed by atoms with Crippen molar-refractivity contribution in [3.8, 4) is 11.1 Å². The number of piperidine rings is 1. The Balaban J connectivity index is 0.979. The second-order valence-electron chi connectivity index (χ2n) is 16.5. The Bertz CT molecular complexity index is 2340. The molecule has 0 bridgehead atoms. The second kappa shape index (κ2) is 19.1. The fraction of sp³-hybridized carbons (Fsp3) is 0.367. The molecule has 3 aliphatic heterocycles. The highest BCUT2D eigenvalue weighted by molar-refractivity contribution is 7.89. The van der Waals surface area contributed by atoms with Gasteiger partial charge in [-0.1, -0.05) is 116 Å². The lowest BCUT2D eigenvalue weighted by Gasteiger charge is -2.44. The normalized spacial score (nSPS) is 22.2. The molecule has 3 aliphatic rings. The number of hydrogen-bond acceptors (Lipinski definition) is 9. The van der Waals surface area contributed by atoms with E-state index < -0.39 is 34.0 Å². The van der Waals surface area contributed by atoms with Crippen LogP contribution in [0.3, 0.4) is 0 Å². The van der Waals surface area contributed by atoms with E-state index in [1.165, 1.54) is 0 Å². The number of aryl methyl sites for hydroxylation is 1. The molecule has 3 N–H and O–H groups in total. The molecule has 1 spiro atoms. The van der Waals surface area contributed by atoms with Gasteiger partial charge in [-0.15, -0.1) is 0 Å². The highest BCUT2D eigenvalue weighted by atomic mass is 32.2. The van der Waals surface area contributed by atoms with Crippen LogP contribution >= 0.6 is 0 Å². The van der Waals surface area contributed by atoms with Gasteiger partial charge < -0.3 is 34.3 Å². The molecule has 0 aromatic heterocycles. The van der Waals surface area contributed by atoms with Crippen molar-refractivity contribution in [2.45, 2.75) is 81.5 Å². The molecule has 0 radical (unpaired) electrons. The molecule has 61 heavy (non-hydrogen) atoms. The van der Waals surface area contributed by atoms with E-state index in [4.69, 9.17) is 18.9 Å². The predicted octanol–water partition coefficient (Wildman–Crippen LogP) is 6.99. The van der Waals surface area contributed by atoms with Gasteiger partial charge in [0.15, 0.2) is 12.1 Å². The summed E-state index contributed by atoms with van der Waals surface area (Å²) < 4.78 is 55.1. The zero-order valence-electron chi connectivity index (χ0n) is 34.7. The topological polar surface area (TPSA) is 136 Å². The SMILES string of the molecule is Cc1ccc(S(=O)(=O)N[C@H](Cc2ccccc2)C(=O)NCc2cccc(-c3cccc([C@H]4O[C@@H](CN5CCC6(CC5)OCCO6)[C@@H](C)[C@@H](c5ccc(CO)cc5)O4)c3)c2)cc1. The molecule has 5 aromatic rings. The summed E-state index contributed by atoms with van der Waals surface area (Å²) in [5, 5.41) is 12.7. The van der Waals surface area contributed by atoms with Crippen LogP contribution in [-0.2, 0) is 53.3 Å². The molecule has 0 unspecified atom stereocenters. The molecule has 11 nitrogen and oxygen atoms in total. The van der Waals surface area contributed by atoms with E-state index in [0.29, 0.717) is 13.2 Å². The number of benzene rings is 5. The third-order valence-corrected chi connectivity index (χ3v) is 13.6. The number of nitrogens with zero attached hydrogens (tertiary/aromatic N) is 1. The van der Waals surface area contributed by atoms with Crippen molar-refractivity contribution in [3.05, 3.63) is 161 Å². The molecule has 8 rings (SSSR count). The number of aliphatic hydroxyl groups is 1. The Morgan fingerprint density at radius 2 is 1.46 bits per heavy atom. The van der Waals surface area contributed by atoms with E-state index in [1.807, 2.05) is 104 Å². The first-order valence-corrected chi connectivity index (χ1v) is 22.7. The summed E-state index contributed by atoms with van der Waals surface area (Å²) in [5.74, 6) is -0.826. The maximum Gasteiger partial charge on any atom is 0.241 e. The predicted molar refractivity (Wildman–Crippen MR) is 232 cm³/mol. The summed E-state index contributed by atoms with van der Waals surface area (Å²) in [6.07, 6.45) is 0.847. The molecule has 3 saturated heterocycles. The van der Waals surface area contributed by atoms with Crippen molar-refractivity contribution < 1.29 is 37.3 Å². The van der Waals surface area contributed by atoms with Gasteiger partial charge in [-0.3, -0.25) is 4.79 Å². The minimum atomic E-state index is -3.97. The molecule has 0 saturated carbocycles. The van der Waals surface area contributed by atoms with Crippen LogP contribution < -0.4 is 10.0 Å². The van der Waals surface area contributed by atoms with Gasteiger partial charge in [0.1, 0.15) is 6.04 Å². The number of amides is 1. The van der Waals surface area contributed by atoms with Crippen LogP contribution in [-0.4, -0.2) is 75.1 Å². The first-order chi connectivity index (χ1) is 29.6. The highest BCUT2D eigenvalue weighted by Gasteiger charge is 2.43. The molecule has 5 aromatic carbocycles. The van der Waals surface area contributed by atoms with Crippen LogP contribution in [0.15, 0.2) is 132 Å². The lowest BCUT2D eigenvalue weighted by atomic mass is 9.89. The summed E-state index contributed by atoms with van der Waals surface area (Å²) >= 11 is 0. The Morgan fingerprint density at radius 3 is 2.16 bits per heavy atom. The first-order valence-electron chi connectivity index (χ1n) is 21.2. The lowest BCUT2D eigenvalue weighted by molar-refractivity contribution is -0.278. The minimum Gasteiger partial charge on any atom is -0.392 e. The third-order valence-electron chi connectivity index (χ3n) is 12.1. The first kappa shape index (κ1) is 42.9. The van der Waals surface area contributed by atoms with Crippen LogP contribution in [0, 0.1) is 12.8 Å². The average Bonchev–Trinajstić information content (AvgIpc) is 3.75. The molecule has 3 heterocycles. The van der Waals surface area contributed by atoms with Crippen LogP contribution in [0.25, 0.3) is 11.1 Å². The molecular weight excluding hydrogens is 791 g/mol. The monoisotopic (exact) mass is 845 g/mol. The number of ether oxygens (including phenoxy) is 4. The molecule has 320 valence electrons. The van der Waals surface area contributed by atoms with E-state index in [2.05, 4.69) is 27.9 Å². The smallest absolute Gasteiger partial charge is 0.241 e. The number of sulfonamides is 1. The van der Waals surface area contributed by atoms with Gasteiger partial charge in [-0.05, 0) is 71.0 Å². The van der Waals surface area contributed by atoms with Gasteiger partial charge in [-0.25, -0.2) is 8.42 Å². The maximum atomic E-state index is 13.8. The highest BCUT2D eigenvalue weighted by Crippen LogP contribution is 2.43. The largest absolute Gasteiger partial charge is 0.392 e. The maximum absolute atomic E-state index is 13.8. The zero-order valence-corrected chi connectivity index (χ0v) is 35.6. The third kappa shape index (κ3) is 10.5. The Morgan fingerprint density at radius 1 is 0.787 bits per heavy atom. The number of rotatable bonds is 14. The van der Waals surface area contributed by atoms with E-state index in [-0.39, 0.29) is 42.6 Å². The fourth-order valence-electron chi connectivity index (χ4n) is 8.49. The summed E-state index contributed by atoms with van der Waals surface area (Å²) in [4.78, 5) is 16.3. The van der Waals surface area contributed by atoms with Crippen LogP contribution in [0.5, 0.6) is 0 Å². The van der Waals surface area contributed by atoms with E-state index in [9.17, 15) is 18.3 Å². The molecule has 12 heteroatoms. The number of carbonyl (C=O) groups is 1. The van der Waals surface area contributed by atoms with Gasteiger partial charge in [0, 0.05) is 50.5 Å². The van der Waals surface area contributed by atoms with Crippen molar-refractivity contribution in [1.82, 2.24) is 14.9 Å².